The van der Waals surface area contributed by atoms with Crippen molar-refractivity contribution in [1.82, 2.24) is 4.98 Å². The molecule has 1 heterocycles. The number of aryl methyl sites for hydroxylation is 3. The minimum absolute atomic E-state index is 0.996. The van der Waals surface area contributed by atoms with Gasteiger partial charge in [0.2, 0.25) is 0 Å². The minimum atomic E-state index is 0.996. The molecule has 0 aliphatic carbocycles. The molecule has 0 aliphatic rings. The molecule has 3 aromatic rings. The molecule has 0 atom stereocenters. The van der Waals surface area contributed by atoms with Crippen molar-refractivity contribution in [2.45, 2.75) is 27.2 Å². The van der Waals surface area contributed by atoms with E-state index in [1.54, 1.807) is 0 Å². The number of aromatic nitrogens is 1. The largest absolute Gasteiger partial charge is 0.358 e. The SMILES string of the molecule is Cc1cc(C)c2[nH]c(C)c(Cc3ccccc3)c2c1. The fourth-order valence-corrected chi connectivity index (χ4v) is 2.86. The molecule has 0 saturated carbocycles. The monoisotopic (exact) mass is 249 g/mol. The minimum Gasteiger partial charge on any atom is -0.358 e. The van der Waals surface area contributed by atoms with Crippen molar-refractivity contribution in [2.24, 2.45) is 0 Å². The molecule has 0 spiro atoms. The van der Waals surface area contributed by atoms with E-state index in [0.29, 0.717) is 0 Å². The Morgan fingerprint density at radius 1 is 0.947 bits per heavy atom. The molecular weight excluding hydrogens is 230 g/mol. The van der Waals surface area contributed by atoms with Gasteiger partial charge in [-0.25, -0.2) is 0 Å². The lowest BCUT2D eigenvalue weighted by molar-refractivity contribution is 1.15. The smallest absolute Gasteiger partial charge is 0.0488 e. The standard InChI is InChI=1S/C18H19N/c1-12-9-13(2)18-17(10-12)16(14(3)19-18)11-15-7-5-4-6-8-15/h4-10,19H,11H2,1-3H3. The quantitative estimate of drug-likeness (QED) is 0.678. The van der Waals surface area contributed by atoms with Crippen LogP contribution in [0.15, 0.2) is 42.5 Å². The Kier molecular flexibility index (Phi) is 2.90. The zero-order valence-electron chi connectivity index (χ0n) is 11.7. The third kappa shape index (κ3) is 2.17. The average Bonchev–Trinajstić information content (AvgIpc) is 2.69. The molecule has 0 fully saturated rings. The zero-order chi connectivity index (χ0) is 13.4. The molecular formula is C18H19N. The van der Waals surface area contributed by atoms with Crippen molar-refractivity contribution in [1.29, 1.82) is 0 Å². The van der Waals surface area contributed by atoms with E-state index in [-0.39, 0.29) is 0 Å². The van der Waals surface area contributed by atoms with Crippen molar-refractivity contribution in [3.63, 3.8) is 0 Å². The van der Waals surface area contributed by atoms with Crippen LogP contribution in [-0.4, -0.2) is 4.98 Å². The van der Waals surface area contributed by atoms with Crippen LogP contribution in [0.5, 0.6) is 0 Å². The molecule has 1 heteroatoms. The van der Waals surface area contributed by atoms with Crippen molar-refractivity contribution in [3.8, 4) is 0 Å². The maximum atomic E-state index is 3.54. The van der Waals surface area contributed by atoms with Gasteiger partial charge in [0.1, 0.15) is 0 Å². The number of hydrogen-bond acceptors (Lipinski definition) is 0. The number of aromatic amines is 1. The van der Waals surface area contributed by atoms with Crippen LogP contribution in [0.1, 0.15) is 27.9 Å². The maximum absolute atomic E-state index is 3.54. The number of benzene rings is 2. The van der Waals surface area contributed by atoms with E-state index in [0.717, 1.165) is 6.42 Å². The second kappa shape index (κ2) is 4.58. The van der Waals surface area contributed by atoms with Gasteiger partial charge in [-0.1, -0.05) is 42.0 Å². The molecule has 19 heavy (non-hydrogen) atoms. The Bertz CT molecular complexity index is 720. The summed E-state index contributed by atoms with van der Waals surface area (Å²) in [5, 5.41) is 1.37. The first-order valence-electron chi connectivity index (χ1n) is 6.77. The van der Waals surface area contributed by atoms with E-state index in [1.807, 2.05) is 0 Å². The van der Waals surface area contributed by atoms with Crippen molar-refractivity contribution in [3.05, 3.63) is 70.4 Å². The van der Waals surface area contributed by atoms with Gasteiger partial charge < -0.3 is 4.98 Å². The molecule has 0 saturated heterocycles. The van der Waals surface area contributed by atoms with E-state index < -0.39 is 0 Å². The van der Waals surface area contributed by atoms with Crippen LogP contribution < -0.4 is 0 Å². The molecule has 96 valence electrons. The predicted octanol–water partition coefficient (Wildman–Crippen LogP) is 4.68. The second-order valence-electron chi connectivity index (χ2n) is 5.40. The maximum Gasteiger partial charge on any atom is 0.0488 e. The number of nitrogens with one attached hydrogen (secondary N) is 1. The number of H-pyrrole nitrogens is 1. The van der Waals surface area contributed by atoms with Gasteiger partial charge in [-0.15, -0.1) is 0 Å². The Morgan fingerprint density at radius 3 is 2.42 bits per heavy atom. The predicted molar refractivity (Wildman–Crippen MR) is 81.8 cm³/mol. The van der Waals surface area contributed by atoms with E-state index in [1.165, 1.54) is 38.9 Å². The molecule has 1 aromatic heterocycles. The summed E-state index contributed by atoms with van der Waals surface area (Å²) < 4.78 is 0. The number of hydrogen-bond donors (Lipinski definition) is 1. The summed E-state index contributed by atoms with van der Waals surface area (Å²) in [6.07, 6.45) is 0.996. The molecule has 0 unspecified atom stereocenters. The summed E-state index contributed by atoms with van der Waals surface area (Å²) in [6.45, 7) is 6.52. The van der Waals surface area contributed by atoms with Crippen molar-refractivity contribution in [2.75, 3.05) is 0 Å². The van der Waals surface area contributed by atoms with Gasteiger partial charge in [-0.2, -0.15) is 0 Å². The van der Waals surface area contributed by atoms with Gasteiger partial charge in [0.05, 0.1) is 0 Å². The third-order valence-corrected chi connectivity index (χ3v) is 3.79. The highest BCUT2D eigenvalue weighted by atomic mass is 14.7. The first-order valence-corrected chi connectivity index (χ1v) is 6.77. The Morgan fingerprint density at radius 2 is 1.68 bits per heavy atom. The molecule has 0 bridgehead atoms. The van der Waals surface area contributed by atoms with Gasteiger partial charge in [0.25, 0.3) is 0 Å². The van der Waals surface area contributed by atoms with Crippen molar-refractivity contribution >= 4 is 10.9 Å². The van der Waals surface area contributed by atoms with Gasteiger partial charge in [-0.3, -0.25) is 0 Å². The van der Waals surface area contributed by atoms with Gasteiger partial charge in [-0.05, 0) is 49.9 Å². The van der Waals surface area contributed by atoms with Crippen LogP contribution in [0.2, 0.25) is 0 Å². The summed E-state index contributed by atoms with van der Waals surface area (Å²) in [7, 11) is 0. The first-order chi connectivity index (χ1) is 9.15. The fraction of sp³-hybridized carbons (Fsp3) is 0.222. The highest BCUT2D eigenvalue weighted by molar-refractivity contribution is 5.88. The van der Waals surface area contributed by atoms with E-state index >= 15 is 0 Å². The fourth-order valence-electron chi connectivity index (χ4n) is 2.86. The van der Waals surface area contributed by atoms with Crippen LogP contribution in [-0.2, 0) is 6.42 Å². The molecule has 0 radical (unpaired) electrons. The molecule has 0 aliphatic heterocycles. The zero-order valence-corrected chi connectivity index (χ0v) is 11.7. The summed E-state index contributed by atoms with van der Waals surface area (Å²) >= 11 is 0. The molecule has 0 amide bonds. The van der Waals surface area contributed by atoms with Crippen LogP contribution >= 0.6 is 0 Å². The van der Waals surface area contributed by atoms with Crippen molar-refractivity contribution < 1.29 is 0 Å². The summed E-state index contributed by atoms with van der Waals surface area (Å²) in [5.41, 5.74) is 8.02. The van der Waals surface area contributed by atoms with E-state index in [2.05, 4.69) is 68.2 Å². The first kappa shape index (κ1) is 12.0. The second-order valence-corrected chi connectivity index (χ2v) is 5.40. The lowest BCUT2D eigenvalue weighted by Gasteiger charge is -2.04. The molecule has 3 rings (SSSR count). The molecule has 1 N–H and O–H groups in total. The topological polar surface area (TPSA) is 15.8 Å². The van der Waals surface area contributed by atoms with Crippen LogP contribution in [0.3, 0.4) is 0 Å². The van der Waals surface area contributed by atoms with E-state index in [4.69, 9.17) is 0 Å². The number of fused-ring (bicyclic) bond motifs is 1. The molecule has 1 nitrogen and oxygen atoms in total. The lowest BCUT2D eigenvalue weighted by atomic mass is 9.99. The van der Waals surface area contributed by atoms with Gasteiger partial charge in [0.15, 0.2) is 0 Å². The lowest BCUT2D eigenvalue weighted by Crippen LogP contribution is -1.89. The summed E-state index contributed by atoms with van der Waals surface area (Å²) in [4.78, 5) is 3.54. The highest BCUT2D eigenvalue weighted by Crippen LogP contribution is 2.28. The Hall–Kier alpha value is -2.02. The summed E-state index contributed by atoms with van der Waals surface area (Å²) in [6, 6.07) is 15.2. The highest BCUT2D eigenvalue weighted by Gasteiger charge is 2.11. The van der Waals surface area contributed by atoms with Crippen LogP contribution in [0, 0.1) is 20.8 Å². The Labute approximate surface area is 114 Å². The van der Waals surface area contributed by atoms with Gasteiger partial charge in [0, 0.05) is 16.6 Å². The van der Waals surface area contributed by atoms with Crippen LogP contribution in [0.25, 0.3) is 10.9 Å². The van der Waals surface area contributed by atoms with Crippen LogP contribution in [0.4, 0.5) is 0 Å². The average molecular weight is 249 g/mol. The third-order valence-electron chi connectivity index (χ3n) is 3.79. The van der Waals surface area contributed by atoms with Gasteiger partial charge >= 0.3 is 0 Å². The normalized spacial score (nSPS) is 11.1. The molecule has 2 aromatic carbocycles. The van der Waals surface area contributed by atoms with E-state index in [9.17, 15) is 0 Å². The summed E-state index contributed by atoms with van der Waals surface area (Å²) in [5.74, 6) is 0. The Balaban J connectivity index is 2.15. The number of rotatable bonds is 2.